The highest BCUT2D eigenvalue weighted by atomic mass is 32.2. The molecule has 0 amide bonds. The smallest absolute Gasteiger partial charge is 0.270 e. The molecular formula is C18H17N3OS. The van der Waals surface area contributed by atoms with Crippen LogP contribution >= 0.6 is 11.8 Å². The molecule has 0 unspecified atom stereocenters. The van der Waals surface area contributed by atoms with Crippen LogP contribution in [0.15, 0.2) is 58.5 Å². The van der Waals surface area contributed by atoms with Crippen molar-refractivity contribution in [3.05, 3.63) is 70.1 Å². The molecule has 0 bridgehead atoms. The highest BCUT2D eigenvalue weighted by Gasteiger charge is 2.30. The number of nitrogens with zero attached hydrogens (tertiary/aromatic N) is 2. The molecule has 0 radical (unpaired) electrons. The van der Waals surface area contributed by atoms with Crippen molar-refractivity contribution in [2.24, 2.45) is 0 Å². The van der Waals surface area contributed by atoms with Gasteiger partial charge in [-0.1, -0.05) is 67.2 Å². The van der Waals surface area contributed by atoms with Crippen molar-refractivity contribution in [2.75, 3.05) is 0 Å². The van der Waals surface area contributed by atoms with Crippen LogP contribution in [0.2, 0.25) is 0 Å². The third-order valence-electron chi connectivity index (χ3n) is 4.17. The monoisotopic (exact) mass is 323 g/mol. The zero-order valence-electron chi connectivity index (χ0n) is 12.8. The highest BCUT2D eigenvalue weighted by molar-refractivity contribution is 7.99. The Morgan fingerprint density at radius 1 is 1.09 bits per heavy atom. The second-order valence-electron chi connectivity index (χ2n) is 5.64. The van der Waals surface area contributed by atoms with Gasteiger partial charge >= 0.3 is 5.69 Å². The second kappa shape index (κ2) is 5.74. The maximum atomic E-state index is 11.9. The van der Waals surface area contributed by atoms with Gasteiger partial charge in [-0.05, 0) is 28.7 Å². The minimum Gasteiger partial charge on any atom is -0.270 e. The lowest BCUT2D eigenvalue weighted by Gasteiger charge is -2.13. The zero-order valence-corrected chi connectivity index (χ0v) is 13.6. The molecule has 1 aliphatic rings. The standard InChI is InChI=1S/C18H17N3OS/c1-2-11-21-17(22)19-20-18(21)23-16-14-9-5-3-7-12(14)13-8-4-6-10-15(13)16/h3-10,16H,2,11H2,1H3,(H,19,22). The van der Waals surface area contributed by atoms with Crippen molar-refractivity contribution in [2.45, 2.75) is 30.3 Å². The van der Waals surface area contributed by atoms with Crippen molar-refractivity contribution < 1.29 is 0 Å². The summed E-state index contributed by atoms with van der Waals surface area (Å²) in [5.74, 6) is 0. The van der Waals surface area contributed by atoms with Crippen molar-refractivity contribution >= 4 is 11.8 Å². The molecule has 3 aromatic rings. The lowest BCUT2D eigenvalue weighted by molar-refractivity contribution is 0.603. The van der Waals surface area contributed by atoms with E-state index in [9.17, 15) is 4.79 Å². The van der Waals surface area contributed by atoms with Gasteiger partial charge in [-0.3, -0.25) is 4.57 Å². The Morgan fingerprint density at radius 2 is 1.70 bits per heavy atom. The number of aromatic nitrogens is 3. The molecule has 0 fully saturated rings. The molecule has 2 aromatic carbocycles. The van der Waals surface area contributed by atoms with Crippen molar-refractivity contribution in [3.8, 4) is 11.1 Å². The van der Waals surface area contributed by atoms with Gasteiger partial charge in [-0.25, -0.2) is 9.89 Å². The SMILES string of the molecule is CCCn1c(SC2c3ccccc3-c3ccccc32)n[nH]c1=O. The summed E-state index contributed by atoms with van der Waals surface area (Å²) in [6.07, 6.45) is 0.908. The number of benzene rings is 2. The summed E-state index contributed by atoms with van der Waals surface area (Å²) in [6.45, 7) is 2.75. The van der Waals surface area contributed by atoms with E-state index in [-0.39, 0.29) is 10.9 Å². The lowest BCUT2D eigenvalue weighted by Crippen LogP contribution is -2.17. The van der Waals surface area contributed by atoms with Crippen molar-refractivity contribution in [3.63, 3.8) is 0 Å². The van der Waals surface area contributed by atoms with Crippen LogP contribution in [0, 0.1) is 0 Å². The van der Waals surface area contributed by atoms with E-state index in [1.807, 2.05) is 0 Å². The molecule has 0 saturated heterocycles. The topological polar surface area (TPSA) is 50.7 Å². The van der Waals surface area contributed by atoms with E-state index in [2.05, 4.69) is 65.7 Å². The average Bonchev–Trinajstić information content (AvgIpc) is 3.09. The number of thioether (sulfide) groups is 1. The molecule has 1 aromatic heterocycles. The maximum Gasteiger partial charge on any atom is 0.343 e. The number of fused-ring (bicyclic) bond motifs is 3. The predicted molar refractivity (Wildman–Crippen MR) is 92.7 cm³/mol. The quantitative estimate of drug-likeness (QED) is 0.793. The number of H-pyrrole nitrogens is 1. The molecule has 0 saturated carbocycles. The normalized spacial score (nSPS) is 13.1. The first-order chi connectivity index (χ1) is 11.3. The molecular weight excluding hydrogens is 306 g/mol. The number of hydrogen-bond donors (Lipinski definition) is 1. The van der Waals surface area contributed by atoms with E-state index in [1.165, 1.54) is 22.3 Å². The average molecular weight is 323 g/mol. The fraction of sp³-hybridized carbons (Fsp3) is 0.222. The summed E-state index contributed by atoms with van der Waals surface area (Å²) in [6, 6.07) is 17.0. The van der Waals surface area contributed by atoms with E-state index < -0.39 is 0 Å². The molecule has 116 valence electrons. The first-order valence-electron chi connectivity index (χ1n) is 7.79. The van der Waals surface area contributed by atoms with Gasteiger partial charge < -0.3 is 0 Å². The van der Waals surface area contributed by atoms with E-state index >= 15 is 0 Å². The van der Waals surface area contributed by atoms with Gasteiger partial charge in [-0.15, -0.1) is 5.10 Å². The van der Waals surface area contributed by atoms with Gasteiger partial charge in [0.15, 0.2) is 5.16 Å². The Bertz CT molecular complexity index is 867. The van der Waals surface area contributed by atoms with Crippen LogP contribution < -0.4 is 5.69 Å². The number of nitrogens with one attached hydrogen (secondary N) is 1. The molecule has 1 aliphatic carbocycles. The summed E-state index contributed by atoms with van der Waals surface area (Å²) in [5.41, 5.74) is 5.00. The van der Waals surface area contributed by atoms with Gasteiger partial charge in [0.1, 0.15) is 0 Å². The Kier molecular flexibility index (Phi) is 3.58. The molecule has 0 atom stereocenters. The van der Waals surface area contributed by atoms with Gasteiger partial charge in [0.2, 0.25) is 0 Å². The summed E-state index contributed by atoms with van der Waals surface area (Å²) in [7, 11) is 0. The van der Waals surface area contributed by atoms with E-state index in [1.54, 1.807) is 16.3 Å². The van der Waals surface area contributed by atoms with Crippen molar-refractivity contribution in [1.82, 2.24) is 14.8 Å². The summed E-state index contributed by atoms with van der Waals surface area (Å²) >= 11 is 1.64. The van der Waals surface area contributed by atoms with E-state index in [0.717, 1.165) is 11.6 Å². The van der Waals surface area contributed by atoms with Gasteiger partial charge in [0.25, 0.3) is 0 Å². The number of rotatable bonds is 4. The third-order valence-corrected chi connectivity index (χ3v) is 5.44. The molecule has 4 nitrogen and oxygen atoms in total. The van der Waals surface area contributed by atoms with Crippen LogP contribution in [0.25, 0.3) is 11.1 Å². The third kappa shape index (κ3) is 2.32. The van der Waals surface area contributed by atoms with Crippen molar-refractivity contribution in [1.29, 1.82) is 0 Å². The van der Waals surface area contributed by atoms with Crippen LogP contribution in [-0.2, 0) is 6.54 Å². The Morgan fingerprint density at radius 3 is 2.30 bits per heavy atom. The van der Waals surface area contributed by atoms with Gasteiger partial charge in [-0.2, -0.15) is 0 Å². The largest absolute Gasteiger partial charge is 0.343 e. The molecule has 0 aliphatic heterocycles. The van der Waals surface area contributed by atoms with Gasteiger partial charge in [0, 0.05) is 6.54 Å². The molecule has 4 rings (SSSR count). The fourth-order valence-corrected chi connectivity index (χ4v) is 4.43. The molecule has 1 heterocycles. The van der Waals surface area contributed by atoms with Crippen LogP contribution in [0.4, 0.5) is 0 Å². The maximum absolute atomic E-state index is 11.9. The Labute approximate surface area is 138 Å². The van der Waals surface area contributed by atoms with E-state index in [0.29, 0.717) is 6.54 Å². The Balaban J connectivity index is 1.79. The summed E-state index contributed by atoms with van der Waals surface area (Å²) in [5, 5.41) is 7.74. The first kappa shape index (κ1) is 14.3. The summed E-state index contributed by atoms with van der Waals surface area (Å²) < 4.78 is 1.73. The molecule has 5 heteroatoms. The van der Waals surface area contributed by atoms with Gasteiger partial charge in [0.05, 0.1) is 5.25 Å². The molecule has 1 N–H and O–H groups in total. The zero-order chi connectivity index (χ0) is 15.8. The lowest BCUT2D eigenvalue weighted by atomic mass is 10.1. The Hall–Kier alpha value is -2.27. The number of hydrogen-bond acceptors (Lipinski definition) is 3. The predicted octanol–water partition coefficient (Wildman–Crippen LogP) is 3.84. The minimum atomic E-state index is -0.131. The molecule has 0 spiro atoms. The van der Waals surface area contributed by atoms with Crippen LogP contribution in [0.1, 0.15) is 29.7 Å². The van der Waals surface area contributed by atoms with Crippen LogP contribution in [0.5, 0.6) is 0 Å². The second-order valence-corrected chi connectivity index (χ2v) is 6.71. The number of aromatic amines is 1. The minimum absolute atomic E-state index is 0.131. The highest BCUT2D eigenvalue weighted by Crippen LogP contribution is 2.51. The van der Waals surface area contributed by atoms with E-state index in [4.69, 9.17) is 0 Å². The first-order valence-corrected chi connectivity index (χ1v) is 8.67. The fourth-order valence-electron chi connectivity index (χ4n) is 3.16. The van der Waals surface area contributed by atoms with Crippen LogP contribution in [-0.4, -0.2) is 14.8 Å². The van der Waals surface area contributed by atoms with Crippen LogP contribution in [0.3, 0.4) is 0 Å². The summed E-state index contributed by atoms with van der Waals surface area (Å²) in [4.78, 5) is 11.9. The molecule has 23 heavy (non-hydrogen) atoms.